The summed E-state index contributed by atoms with van der Waals surface area (Å²) in [6.07, 6.45) is 2.68. The standard InChI is InChI=1S/C26H30N4O3/c1-16(2)29-9-5-6-17(13-29)14-30-21-8-4-3-7-18(21)26(25(30)31)12-24(27)28-20-11-23-22(10-19(20)26)32-15-33-23/h3-4,7-8,10-11,16-17H,5-6,9,12-15H2,1-2H3,(H2,27,28)/p+1. The summed E-state index contributed by atoms with van der Waals surface area (Å²) < 4.78 is 11.3. The number of rotatable bonds is 3. The van der Waals surface area contributed by atoms with Gasteiger partial charge in [-0.3, -0.25) is 15.5 Å². The Morgan fingerprint density at radius 1 is 1.18 bits per heavy atom. The number of carbonyl (C=O) groups excluding carboxylic acids is 1. The topological polar surface area (TPSA) is 82.5 Å². The van der Waals surface area contributed by atoms with E-state index in [1.165, 1.54) is 6.42 Å². The van der Waals surface area contributed by atoms with E-state index in [4.69, 9.17) is 14.9 Å². The molecule has 4 aliphatic rings. The van der Waals surface area contributed by atoms with Crippen LogP contribution in [-0.4, -0.2) is 49.1 Å². The summed E-state index contributed by atoms with van der Waals surface area (Å²) in [5.41, 5.74) is 2.91. The van der Waals surface area contributed by atoms with Crippen molar-refractivity contribution in [3.8, 4) is 11.5 Å². The Balaban J connectivity index is 1.43. The van der Waals surface area contributed by atoms with E-state index in [2.05, 4.69) is 30.9 Å². The molecule has 0 aromatic heterocycles. The number of benzene rings is 2. The predicted octanol–water partition coefficient (Wildman–Crippen LogP) is 2.74. The zero-order chi connectivity index (χ0) is 22.7. The molecule has 1 amide bonds. The van der Waals surface area contributed by atoms with Crippen molar-refractivity contribution in [2.24, 2.45) is 5.92 Å². The lowest BCUT2D eigenvalue weighted by Crippen LogP contribution is -2.85. The molecule has 1 fully saturated rings. The van der Waals surface area contributed by atoms with Crippen LogP contribution in [0.3, 0.4) is 0 Å². The van der Waals surface area contributed by atoms with E-state index >= 15 is 0 Å². The number of fused-ring (bicyclic) bond motifs is 5. The number of anilines is 1. The maximum Gasteiger partial charge on any atom is 0.243 e. The van der Waals surface area contributed by atoms with Crippen molar-refractivity contribution in [1.82, 2.24) is 4.90 Å². The van der Waals surface area contributed by atoms with Crippen LogP contribution in [0.25, 0.3) is 0 Å². The number of amides is 1. The van der Waals surface area contributed by atoms with E-state index in [9.17, 15) is 4.79 Å². The summed E-state index contributed by atoms with van der Waals surface area (Å²) >= 11 is 0. The number of nitrogens with two attached hydrogens (primary N) is 1. The minimum absolute atomic E-state index is 0.0864. The number of piperidine rings is 1. The highest BCUT2D eigenvalue weighted by atomic mass is 16.7. The number of amidine groups is 1. The van der Waals surface area contributed by atoms with Crippen LogP contribution in [0.5, 0.6) is 11.5 Å². The predicted molar refractivity (Wildman–Crippen MR) is 126 cm³/mol. The minimum Gasteiger partial charge on any atom is -0.454 e. The van der Waals surface area contributed by atoms with E-state index in [1.54, 1.807) is 0 Å². The van der Waals surface area contributed by atoms with Crippen molar-refractivity contribution in [2.45, 2.75) is 44.6 Å². The number of nitrogens with one attached hydrogen (secondary N) is 1. The molecule has 4 heterocycles. The molecule has 33 heavy (non-hydrogen) atoms. The first-order valence-corrected chi connectivity index (χ1v) is 12.0. The molecule has 1 saturated heterocycles. The van der Waals surface area contributed by atoms with Crippen LogP contribution < -0.4 is 19.7 Å². The van der Waals surface area contributed by atoms with E-state index in [0.29, 0.717) is 35.7 Å². The quantitative estimate of drug-likeness (QED) is 0.709. The maximum atomic E-state index is 14.4. The van der Waals surface area contributed by atoms with Crippen LogP contribution in [0.2, 0.25) is 0 Å². The SMILES string of the molecule is CC(C)N1CCCC(CN2C(=O)C3(CC(=N)[NH2+]c4cc5c(cc43)OCO5)c3ccccc32)C1. The van der Waals surface area contributed by atoms with Crippen LogP contribution in [-0.2, 0) is 10.2 Å². The van der Waals surface area contributed by atoms with Crippen molar-refractivity contribution in [3.05, 3.63) is 47.5 Å². The van der Waals surface area contributed by atoms with E-state index in [1.807, 2.05) is 34.5 Å². The normalized spacial score (nSPS) is 26.3. The van der Waals surface area contributed by atoms with Crippen molar-refractivity contribution in [2.75, 3.05) is 31.3 Å². The third-order valence-corrected chi connectivity index (χ3v) is 7.78. The Kier molecular flexibility index (Phi) is 4.74. The van der Waals surface area contributed by atoms with Crippen LogP contribution in [0, 0.1) is 11.3 Å². The van der Waals surface area contributed by atoms with E-state index < -0.39 is 5.41 Å². The third kappa shape index (κ3) is 3.09. The lowest BCUT2D eigenvalue weighted by molar-refractivity contribution is -0.452. The Hall–Kier alpha value is -2.90. The van der Waals surface area contributed by atoms with Gasteiger partial charge in [-0.2, -0.15) is 0 Å². The molecule has 4 aliphatic heterocycles. The summed E-state index contributed by atoms with van der Waals surface area (Å²) in [4.78, 5) is 18.9. The number of quaternary nitrogens is 1. The van der Waals surface area contributed by atoms with Crippen LogP contribution in [0.1, 0.15) is 44.2 Å². The van der Waals surface area contributed by atoms with Gasteiger partial charge in [0.1, 0.15) is 11.1 Å². The summed E-state index contributed by atoms with van der Waals surface area (Å²) in [5, 5.41) is 10.5. The van der Waals surface area contributed by atoms with Crippen molar-refractivity contribution in [3.63, 3.8) is 0 Å². The van der Waals surface area contributed by atoms with Crippen molar-refractivity contribution >= 4 is 23.1 Å². The van der Waals surface area contributed by atoms with Crippen LogP contribution >= 0.6 is 0 Å². The fraction of sp³-hybridized carbons (Fsp3) is 0.462. The first kappa shape index (κ1) is 20.7. The van der Waals surface area contributed by atoms with Gasteiger partial charge in [-0.25, -0.2) is 0 Å². The smallest absolute Gasteiger partial charge is 0.243 e. The highest BCUT2D eigenvalue weighted by molar-refractivity contribution is 6.13. The molecular formula is C26H31N4O3+. The van der Waals surface area contributed by atoms with Crippen LogP contribution in [0.15, 0.2) is 36.4 Å². The Morgan fingerprint density at radius 3 is 2.79 bits per heavy atom. The third-order valence-electron chi connectivity index (χ3n) is 7.78. The molecule has 2 aromatic carbocycles. The van der Waals surface area contributed by atoms with Gasteiger partial charge in [0.15, 0.2) is 17.3 Å². The summed E-state index contributed by atoms with van der Waals surface area (Å²) in [6.45, 7) is 7.56. The molecule has 0 aliphatic carbocycles. The molecule has 3 N–H and O–H groups in total. The summed E-state index contributed by atoms with van der Waals surface area (Å²) in [7, 11) is 0. The highest BCUT2D eigenvalue weighted by Crippen LogP contribution is 2.53. The second-order valence-electron chi connectivity index (χ2n) is 10.1. The number of carbonyl (C=O) groups is 1. The highest BCUT2D eigenvalue weighted by Gasteiger charge is 2.57. The monoisotopic (exact) mass is 447 g/mol. The second kappa shape index (κ2) is 7.57. The largest absolute Gasteiger partial charge is 0.454 e. The minimum atomic E-state index is -0.884. The first-order valence-electron chi connectivity index (χ1n) is 12.0. The molecule has 0 saturated carbocycles. The number of nitrogens with zero attached hydrogens (tertiary/aromatic N) is 2. The molecule has 2 atom stereocenters. The number of hydrogen-bond acceptors (Lipinski definition) is 5. The Morgan fingerprint density at radius 2 is 1.97 bits per heavy atom. The van der Waals surface area contributed by atoms with Gasteiger partial charge in [0.25, 0.3) is 0 Å². The van der Waals surface area contributed by atoms with Gasteiger partial charge in [0.05, 0.1) is 6.42 Å². The number of hydrogen-bond donors (Lipinski definition) is 2. The fourth-order valence-corrected chi connectivity index (χ4v) is 6.18. The molecule has 172 valence electrons. The van der Waals surface area contributed by atoms with Gasteiger partial charge >= 0.3 is 0 Å². The molecule has 6 rings (SSSR count). The average molecular weight is 448 g/mol. The fourth-order valence-electron chi connectivity index (χ4n) is 6.18. The molecule has 7 heteroatoms. The molecule has 2 aromatic rings. The maximum absolute atomic E-state index is 14.4. The van der Waals surface area contributed by atoms with Gasteiger partial charge in [-0.15, -0.1) is 0 Å². The number of likely N-dealkylation sites (tertiary alicyclic amines) is 1. The molecule has 7 nitrogen and oxygen atoms in total. The lowest BCUT2D eigenvalue weighted by Gasteiger charge is -2.37. The first-order chi connectivity index (χ1) is 16.0. The van der Waals surface area contributed by atoms with Gasteiger partial charge in [0, 0.05) is 36.4 Å². The zero-order valence-electron chi connectivity index (χ0n) is 19.3. The molecule has 2 unspecified atom stereocenters. The molecule has 0 radical (unpaired) electrons. The van der Waals surface area contributed by atoms with E-state index in [-0.39, 0.29) is 12.7 Å². The molecular weight excluding hydrogens is 416 g/mol. The zero-order valence-corrected chi connectivity index (χ0v) is 19.3. The van der Waals surface area contributed by atoms with Crippen molar-refractivity contribution < 1.29 is 19.6 Å². The van der Waals surface area contributed by atoms with Gasteiger partial charge in [-0.05, 0) is 56.8 Å². The second-order valence-corrected chi connectivity index (χ2v) is 10.1. The Labute approximate surface area is 194 Å². The van der Waals surface area contributed by atoms with E-state index in [0.717, 1.165) is 48.6 Å². The average Bonchev–Trinajstić information content (AvgIpc) is 3.35. The van der Waals surface area contributed by atoms with Crippen molar-refractivity contribution in [1.29, 1.82) is 5.41 Å². The lowest BCUT2D eigenvalue weighted by atomic mass is 9.70. The number of para-hydroxylation sites is 1. The van der Waals surface area contributed by atoms with Gasteiger partial charge in [-0.1, -0.05) is 18.2 Å². The Bertz CT molecular complexity index is 1150. The van der Waals surface area contributed by atoms with Crippen LogP contribution in [0.4, 0.5) is 11.4 Å². The summed E-state index contributed by atoms with van der Waals surface area (Å²) in [6, 6.07) is 12.6. The van der Waals surface area contributed by atoms with Gasteiger partial charge in [0.2, 0.25) is 12.7 Å². The molecule has 0 bridgehead atoms. The molecule has 1 spiro atoms. The summed E-state index contributed by atoms with van der Waals surface area (Å²) in [5.74, 6) is 2.36. The van der Waals surface area contributed by atoms with Gasteiger partial charge < -0.3 is 19.3 Å². The number of ether oxygens (including phenoxy) is 2.